The van der Waals surface area contributed by atoms with E-state index >= 15 is 0 Å². The van der Waals surface area contributed by atoms with E-state index in [-0.39, 0.29) is 0 Å². The number of halogens is 1. The zero-order valence-corrected chi connectivity index (χ0v) is 13.5. The van der Waals surface area contributed by atoms with Gasteiger partial charge in [-0.1, -0.05) is 6.92 Å². The van der Waals surface area contributed by atoms with Crippen molar-refractivity contribution < 1.29 is 0 Å². The van der Waals surface area contributed by atoms with Crippen molar-refractivity contribution >= 4 is 39.0 Å². The summed E-state index contributed by atoms with van der Waals surface area (Å²) in [6.07, 6.45) is 0. The molecule has 0 aliphatic carbocycles. The van der Waals surface area contributed by atoms with Gasteiger partial charge in [0.1, 0.15) is 0 Å². The first-order chi connectivity index (χ1) is 8.11. The fourth-order valence-corrected chi connectivity index (χ4v) is 4.97. The molecule has 0 saturated carbocycles. The van der Waals surface area contributed by atoms with Crippen LogP contribution in [-0.4, -0.2) is 35.5 Å². The van der Waals surface area contributed by atoms with Crippen LogP contribution < -0.4 is 5.73 Å². The smallest absolute Gasteiger partial charge is 0.0565 e. The lowest BCUT2D eigenvalue weighted by Gasteiger charge is -2.36. The van der Waals surface area contributed by atoms with Crippen molar-refractivity contribution in [3.05, 3.63) is 20.3 Å². The van der Waals surface area contributed by atoms with Gasteiger partial charge in [0.15, 0.2) is 0 Å². The van der Waals surface area contributed by atoms with Crippen molar-refractivity contribution in [1.29, 1.82) is 0 Å². The Labute approximate surface area is 120 Å². The Hall–Kier alpha value is 0.450. The van der Waals surface area contributed by atoms with Crippen molar-refractivity contribution in [2.45, 2.75) is 25.1 Å². The molecule has 1 aliphatic rings. The van der Waals surface area contributed by atoms with Crippen molar-refractivity contribution in [2.24, 2.45) is 5.73 Å². The van der Waals surface area contributed by atoms with Gasteiger partial charge < -0.3 is 5.73 Å². The highest BCUT2D eigenvalue weighted by atomic mass is 79.9. The Morgan fingerprint density at radius 2 is 2.41 bits per heavy atom. The van der Waals surface area contributed by atoms with E-state index in [2.05, 4.69) is 52.5 Å². The molecule has 1 fully saturated rings. The maximum atomic E-state index is 5.98. The molecule has 1 saturated heterocycles. The molecule has 0 bridgehead atoms. The van der Waals surface area contributed by atoms with Gasteiger partial charge in [-0.3, -0.25) is 4.90 Å². The molecule has 96 valence electrons. The number of rotatable bonds is 3. The number of hydrogen-bond donors (Lipinski definition) is 1. The summed E-state index contributed by atoms with van der Waals surface area (Å²) in [6.45, 7) is 7.48. The van der Waals surface area contributed by atoms with Crippen LogP contribution in [0.2, 0.25) is 0 Å². The van der Waals surface area contributed by atoms with Gasteiger partial charge in [0.05, 0.1) is 6.04 Å². The molecule has 2 heterocycles. The maximum Gasteiger partial charge on any atom is 0.0565 e. The highest BCUT2D eigenvalue weighted by Crippen LogP contribution is 2.34. The SMILES string of the molecule is Cc1sc(C(CN)N2CCSC(C)C2)cc1Br. The first-order valence-corrected chi connectivity index (χ1v) is 8.59. The zero-order valence-electron chi connectivity index (χ0n) is 10.3. The van der Waals surface area contributed by atoms with Crippen LogP contribution in [-0.2, 0) is 0 Å². The van der Waals surface area contributed by atoms with Gasteiger partial charge in [0, 0.05) is 44.9 Å². The number of nitrogens with zero attached hydrogens (tertiary/aromatic N) is 1. The number of hydrogen-bond acceptors (Lipinski definition) is 4. The van der Waals surface area contributed by atoms with E-state index in [0.29, 0.717) is 12.6 Å². The first kappa shape index (κ1) is 13.9. The molecule has 1 aromatic heterocycles. The molecule has 2 N–H and O–H groups in total. The van der Waals surface area contributed by atoms with Gasteiger partial charge in [0.2, 0.25) is 0 Å². The van der Waals surface area contributed by atoms with E-state index in [1.807, 2.05) is 11.3 Å². The molecule has 0 aromatic carbocycles. The van der Waals surface area contributed by atoms with E-state index in [4.69, 9.17) is 5.73 Å². The third-order valence-electron chi connectivity index (χ3n) is 3.14. The van der Waals surface area contributed by atoms with Crippen molar-refractivity contribution in [3.8, 4) is 0 Å². The maximum absolute atomic E-state index is 5.98. The van der Waals surface area contributed by atoms with Gasteiger partial charge in [0.25, 0.3) is 0 Å². The minimum atomic E-state index is 0.397. The second-order valence-electron chi connectivity index (χ2n) is 4.48. The van der Waals surface area contributed by atoms with Crippen LogP contribution in [0.25, 0.3) is 0 Å². The number of aryl methyl sites for hydroxylation is 1. The topological polar surface area (TPSA) is 29.3 Å². The lowest BCUT2D eigenvalue weighted by atomic mass is 10.2. The minimum absolute atomic E-state index is 0.397. The summed E-state index contributed by atoms with van der Waals surface area (Å²) < 4.78 is 1.22. The van der Waals surface area contributed by atoms with Crippen LogP contribution in [0, 0.1) is 6.92 Å². The standard InChI is InChI=1S/C12H19BrN2S2/c1-8-7-15(3-4-16-8)11(6-14)12-5-10(13)9(2)17-12/h5,8,11H,3-4,6-7,14H2,1-2H3. The summed E-state index contributed by atoms with van der Waals surface area (Å²) >= 11 is 7.53. The van der Waals surface area contributed by atoms with Gasteiger partial charge in [-0.15, -0.1) is 11.3 Å². The molecule has 1 aromatic rings. The van der Waals surface area contributed by atoms with Gasteiger partial charge in [-0.25, -0.2) is 0 Å². The number of nitrogens with two attached hydrogens (primary N) is 1. The number of thiophene rings is 1. The Morgan fingerprint density at radius 3 is 2.94 bits per heavy atom. The lowest BCUT2D eigenvalue weighted by molar-refractivity contribution is 0.214. The minimum Gasteiger partial charge on any atom is -0.329 e. The summed E-state index contributed by atoms with van der Waals surface area (Å²) in [5.41, 5.74) is 5.98. The van der Waals surface area contributed by atoms with Crippen LogP contribution in [0.5, 0.6) is 0 Å². The summed E-state index contributed by atoms with van der Waals surface area (Å²) in [6, 6.07) is 2.64. The summed E-state index contributed by atoms with van der Waals surface area (Å²) in [4.78, 5) is 5.28. The predicted octanol–water partition coefficient (Wildman–Crippen LogP) is 3.26. The quantitative estimate of drug-likeness (QED) is 0.919. The highest BCUT2D eigenvalue weighted by Gasteiger charge is 2.25. The van der Waals surface area contributed by atoms with Gasteiger partial charge in [-0.05, 0) is 28.9 Å². The Balaban J connectivity index is 2.15. The van der Waals surface area contributed by atoms with Crippen LogP contribution in [0.4, 0.5) is 0 Å². The highest BCUT2D eigenvalue weighted by molar-refractivity contribution is 9.10. The zero-order chi connectivity index (χ0) is 12.4. The van der Waals surface area contributed by atoms with Gasteiger partial charge >= 0.3 is 0 Å². The average Bonchev–Trinajstić information content (AvgIpc) is 2.60. The first-order valence-electron chi connectivity index (χ1n) is 5.93. The molecule has 1 aliphatic heterocycles. The fourth-order valence-electron chi connectivity index (χ4n) is 2.22. The van der Waals surface area contributed by atoms with E-state index in [0.717, 1.165) is 18.3 Å². The predicted molar refractivity (Wildman–Crippen MR) is 82.0 cm³/mol. The van der Waals surface area contributed by atoms with Crippen molar-refractivity contribution in [1.82, 2.24) is 4.90 Å². The molecule has 0 radical (unpaired) electrons. The summed E-state index contributed by atoms with van der Waals surface area (Å²) in [7, 11) is 0. The molecule has 2 rings (SSSR count). The summed E-state index contributed by atoms with van der Waals surface area (Å²) in [5.74, 6) is 1.23. The van der Waals surface area contributed by atoms with Crippen LogP contribution in [0.1, 0.15) is 22.7 Å². The Bertz CT molecular complexity index is 361. The van der Waals surface area contributed by atoms with Gasteiger partial charge in [-0.2, -0.15) is 11.8 Å². The molecular formula is C12H19BrN2S2. The largest absolute Gasteiger partial charge is 0.329 e. The Morgan fingerprint density at radius 1 is 1.65 bits per heavy atom. The van der Waals surface area contributed by atoms with Crippen LogP contribution >= 0.6 is 39.0 Å². The normalized spacial score (nSPS) is 23.9. The van der Waals surface area contributed by atoms with Crippen LogP contribution in [0.15, 0.2) is 10.5 Å². The molecule has 2 unspecified atom stereocenters. The molecule has 2 atom stereocenters. The number of thioether (sulfide) groups is 1. The van der Waals surface area contributed by atoms with Crippen molar-refractivity contribution in [3.63, 3.8) is 0 Å². The second kappa shape index (κ2) is 6.06. The molecule has 0 amide bonds. The molecule has 2 nitrogen and oxygen atoms in total. The molecule has 17 heavy (non-hydrogen) atoms. The monoisotopic (exact) mass is 334 g/mol. The fraction of sp³-hybridized carbons (Fsp3) is 0.667. The van der Waals surface area contributed by atoms with E-state index in [9.17, 15) is 0 Å². The lowest BCUT2D eigenvalue weighted by Crippen LogP contribution is -2.41. The molecule has 0 spiro atoms. The van der Waals surface area contributed by atoms with E-state index in [1.54, 1.807) is 0 Å². The van der Waals surface area contributed by atoms with Crippen molar-refractivity contribution in [2.75, 3.05) is 25.4 Å². The summed E-state index contributed by atoms with van der Waals surface area (Å²) in [5, 5.41) is 0.724. The van der Waals surface area contributed by atoms with Crippen LogP contribution in [0.3, 0.4) is 0 Å². The Kier molecular flexibility index (Phi) is 4.95. The van der Waals surface area contributed by atoms with E-state index in [1.165, 1.54) is 20.0 Å². The third-order valence-corrected chi connectivity index (χ3v) is 6.52. The average molecular weight is 335 g/mol. The molecule has 5 heteroatoms. The molecular weight excluding hydrogens is 316 g/mol. The second-order valence-corrected chi connectivity index (χ2v) is 8.17. The third kappa shape index (κ3) is 3.26. The van der Waals surface area contributed by atoms with E-state index < -0.39 is 0 Å².